The zero-order valence-electron chi connectivity index (χ0n) is 11.1. The molecule has 1 heterocycles. The van der Waals surface area contributed by atoms with Gasteiger partial charge in [-0.25, -0.2) is 4.79 Å². The lowest BCUT2D eigenvalue weighted by atomic mass is 10.2. The van der Waals surface area contributed by atoms with Gasteiger partial charge in [-0.15, -0.1) is 0 Å². The molecule has 0 aliphatic carbocycles. The van der Waals surface area contributed by atoms with Gasteiger partial charge in [-0.1, -0.05) is 19.9 Å². The molecule has 0 atom stereocenters. The van der Waals surface area contributed by atoms with Gasteiger partial charge in [0.25, 0.3) is 0 Å². The van der Waals surface area contributed by atoms with Gasteiger partial charge in [0.1, 0.15) is 0 Å². The number of nitrogens with zero attached hydrogens (tertiary/aromatic N) is 1. The lowest BCUT2D eigenvalue weighted by Crippen LogP contribution is -2.28. The van der Waals surface area contributed by atoms with Gasteiger partial charge in [-0.05, 0) is 31.9 Å². The molecule has 4 heteroatoms. The highest BCUT2D eigenvalue weighted by Crippen LogP contribution is 1.95. The van der Waals surface area contributed by atoms with Gasteiger partial charge in [0.15, 0.2) is 0 Å². The molecule has 0 bridgehead atoms. The van der Waals surface area contributed by atoms with E-state index in [2.05, 4.69) is 10.3 Å². The van der Waals surface area contributed by atoms with Crippen molar-refractivity contribution in [1.82, 2.24) is 10.3 Å². The quantitative estimate of drug-likeness (QED) is 0.877. The number of rotatable bonds is 4. The summed E-state index contributed by atoms with van der Waals surface area (Å²) in [7, 11) is 0. The van der Waals surface area contributed by atoms with E-state index in [-0.39, 0.29) is 12.2 Å². The minimum atomic E-state index is -0.367. The highest BCUT2D eigenvalue weighted by atomic mass is 16.6. The Hall–Kier alpha value is -1.58. The summed E-state index contributed by atoms with van der Waals surface area (Å²) in [6.07, 6.45) is 3.83. The minimum absolute atomic E-state index is 0.0802. The van der Waals surface area contributed by atoms with Crippen LogP contribution >= 0.6 is 0 Å². The summed E-state index contributed by atoms with van der Waals surface area (Å²) in [4.78, 5) is 15.1. The summed E-state index contributed by atoms with van der Waals surface area (Å²) in [6.45, 7) is 8.21. The molecule has 17 heavy (non-hydrogen) atoms. The Balaban J connectivity index is 0.00000121. The van der Waals surface area contributed by atoms with Gasteiger partial charge < -0.3 is 10.1 Å². The van der Waals surface area contributed by atoms with E-state index < -0.39 is 0 Å². The maximum atomic E-state index is 11.1. The van der Waals surface area contributed by atoms with Crippen molar-refractivity contribution in [2.75, 3.05) is 6.54 Å². The van der Waals surface area contributed by atoms with Crippen LogP contribution in [-0.4, -0.2) is 23.7 Å². The average Bonchev–Trinajstić information content (AvgIpc) is 2.32. The van der Waals surface area contributed by atoms with Crippen LogP contribution in [0.3, 0.4) is 0 Å². The highest BCUT2D eigenvalue weighted by Gasteiger charge is 2.03. The zero-order valence-corrected chi connectivity index (χ0v) is 11.1. The summed E-state index contributed by atoms with van der Waals surface area (Å²) in [5.74, 6) is 0. The van der Waals surface area contributed by atoms with Crippen LogP contribution < -0.4 is 5.32 Å². The van der Waals surface area contributed by atoms with E-state index in [4.69, 9.17) is 4.74 Å². The number of hydrogen-bond acceptors (Lipinski definition) is 3. The fraction of sp³-hybridized carbons (Fsp3) is 0.538. The second-order valence-corrected chi connectivity index (χ2v) is 3.49. The molecule has 0 spiro atoms. The van der Waals surface area contributed by atoms with Gasteiger partial charge >= 0.3 is 6.09 Å². The van der Waals surface area contributed by atoms with E-state index in [0.717, 1.165) is 12.0 Å². The number of nitrogens with one attached hydrogen (secondary N) is 1. The van der Waals surface area contributed by atoms with Gasteiger partial charge in [0, 0.05) is 18.9 Å². The molecule has 0 aromatic carbocycles. The van der Waals surface area contributed by atoms with Crippen LogP contribution in [0.5, 0.6) is 0 Å². The summed E-state index contributed by atoms with van der Waals surface area (Å²) < 4.78 is 4.92. The monoisotopic (exact) mass is 238 g/mol. The van der Waals surface area contributed by atoms with Crippen LogP contribution in [0.15, 0.2) is 24.5 Å². The lowest BCUT2D eigenvalue weighted by Gasteiger charge is -2.09. The van der Waals surface area contributed by atoms with E-state index in [1.807, 2.05) is 39.8 Å². The van der Waals surface area contributed by atoms with Crippen molar-refractivity contribution in [3.63, 3.8) is 0 Å². The van der Waals surface area contributed by atoms with Crippen molar-refractivity contribution in [2.24, 2.45) is 0 Å². The summed E-state index contributed by atoms with van der Waals surface area (Å²) in [6, 6.07) is 3.85. The average molecular weight is 238 g/mol. The molecule has 0 aliphatic heterocycles. The Morgan fingerprint density at radius 3 is 2.71 bits per heavy atom. The summed E-state index contributed by atoms with van der Waals surface area (Å²) >= 11 is 0. The molecule has 96 valence electrons. The normalized spacial score (nSPS) is 9.24. The molecule has 0 radical (unpaired) electrons. The van der Waals surface area contributed by atoms with Crippen LogP contribution in [-0.2, 0) is 11.2 Å². The summed E-state index contributed by atoms with van der Waals surface area (Å²) in [5.41, 5.74) is 1.10. The molecule has 0 saturated heterocycles. The Bertz CT molecular complexity index is 300. The Labute approximate surface area is 103 Å². The number of aromatic nitrogens is 1. The predicted octanol–water partition coefficient (Wildman–Crippen LogP) is 2.78. The molecule has 0 saturated carbocycles. The van der Waals surface area contributed by atoms with E-state index in [1.165, 1.54) is 0 Å². The molecule has 1 N–H and O–H groups in total. The SMILES string of the molecule is CC.CC(C)OC(=O)NCCc1cccnc1. The van der Waals surface area contributed by atoms with Crippen LogP contribution in [0, 0.1) is 0 Å². The highest BCUT2D eigenvalue weighted by molar-refractivity contribution is 5.67. The van der Waals surface area contributed by atoms with Gasteiger partial charge in [-0.2, -0.15) is 0 Å². The fourth-order valence-electron chi connectivity index (χ4n) is 1.11. The largest absolute Gasteiger partial charge is 0.447 e. The molecule has 0 unspecified atom stereocenters. The Kier molecular flexibility index (Phi) is 8.74. The van der Waals surface area contributed by atoms with Crippen molar-refractivity contribution >= 4 is 6.09 Å². The Morgan fingerprint density at radius 1 is 1.47 bits per heavy atom. The van der Waals surface area contributed by atoms with E-state index in [9.17, 15) is 4.79 Å². The van der Waals surface area contributed by atoms with Crippen molar-refractivity contribution in [2.45, 2.75) is 40.2 Å². The van der Waals surface area contributed by atoms with Gasteiger partial charge in [-0.3, -0.25) is 4.98 Å². The standard InChI is InChI=1S/C11H16N2O2.C2H6/c1-9(2)15-11(14)13-7-5-10-4-3-6-12-8-10;1-2/h3-4,6,8-9H,5,7H2,1-2H3,(H,13,14);1-2H3. The van der Waals surface area contributed by atoms with Crippen molar-refractivity contribution < 1.29 is 9.53 Å². The first-order chi connectivity index (χ1) is 8.18. The van der Waals surface area contributed by atoms with Gasteiger partial charge in [0.05, 0.1) is 6.10 Å². The second kappa shape index (κ2) is 9.63. The fourth-order valence-corrected chi connectivity index (χ4v) is 1.11. The molecular formula is C13H22N2O2. The molecule has 1 amide bonds. The molecule has 0 aliphatic rings. The van der Waals surface area contributed by atoms with Gasteiger partial charge in [0.2, 0.25) is 0 Å². The number of alkyl carbamates (subject to hydrolysis) is 1. The number of ether oxygens (including phenoxy) is 1. The van der Waals surface area contributed by atoms with E-state index in [1.54, 1.807) is 12.4 Å². The smallest absolute Gasteiger partial charge is 0.407 e. The molecule has 0 fully saturated rings. The van der Waals surface area contributed by atoms with Crippen molar-refractivity contribution in [3.05, 3.63) is 30.1 Å². The topological polar surface area (TPSA) is 51.2 Å². The van der Waals surface area contributed by atoms with E-state index in [0.29, 0.717) is 6.54 Å². The second-order valence-electron chi connectivity index (χ2n) is 3.49. The van der Waals surface area contributed by atoms with Crippen molar-refractivity contribution in [3.8, 4) is 0 Å². The van der Waals surface area contributed by atoms with Crippen LogP contribution in [0.25, 0.3) is 0 Å². The first-order valence-electron chi connectivity index (χ1n) is 6.02. The number of carbonyl (C=O) groups is 1. The zero-order chi connectivity index (χ0) is 13.1. The molecular weight excluding hydrogens is 216 g/mol. The molecule has 1 aromatic rings. The number of pyridine rings is 1. The maximum absolute atomic E-state index is 11.1. The maximum Gasteiger partial charge on any atom is 0.407 e. The number of hydrogen-bond donors (Lipinski definition) is 1. The van der Waals surface area contributed by atoms with Crippen LogP contribution in [0.1, 0.15) is 33.3 Å². The lowest BCUT2D eigenvalue weighted by molar-refractivity contribution is 0.116. The first kappa shape index (κ1) is 15.4. The number of carbonyl (C=O) groups excluding carboxylic acids is 1. The van der Waals surface area contributed by atoms with Crippen LogP contribution in [0.4, 0.5) is 4.79 Å². The minimum Gasteiger partial charge on any atom is -0.447 e. The van der Waals surface area contributed by atoms with E-state index >= 15 is 0 Å². The van der Waals surface area contributed by atoms with Crippen molar-refractivity contribution in [1.29, 1.82) is 0 Å². The molecule has 1 aromatic heterocycles. The third kappa shape index (κ3) is 8.25. The number of amides is 1. The third-order valence-electron chi connectivity index (χ3n) is 1.75. The molecule has 1 rings (SSSR count). The van der Waals surface area contributed by atoms with Crippen LogP contribution in [0.2, 0.25) is 0 Å². The molecule has 4 nitrogen and oxygen atoms in total. The third-order valence-corrected chi connectivity index (χ3v) is 1.75. The Morgan fingerprint density at radius 2 is 2.18 bits per heavy atom. The summed E-state index contributed by atoms with van der Waals surface area (Å²) in [5, 5.41) is 2.67. The predicted molar refractivity (Wildman–Crippen MR) is 68.9 cm³/mol. The first-order valence-corrected chi connectivity index (χ1v) is 6.02.